The van der Waals surface area contributed by atoms with Gasteiger partial charge in [0.05, 0.1) is 0 Å². The molecule has 2 aliphatic heterocycles. The van der Waals surface area contributed by atoms with E-state index < -0.39 is 0 Å². The molecule has 5 nitrogen and oxygen atoms in total. The van der Waals surface area contributed by atoms with E-state index in [4.69, 9.17) is 0 Å². The third-order valence-electron chi connectivity index (χ3n) is 6.14. The van der Waals surface area contributed by atoms with Crippen molar-refractivity contribution in [1.82, 2.24) is 15.5 Å². The fourth-order valence-electron chi connectivity index (χ4n) is 4.37. The van der Waals surface area contributed by atoms with Crippen LogP contribution in [-0.4, -0.2) is 49.4 Å². The van der Waals surface area contributed by atoms with Gasteiger partial charge in [-0.1, -0.05) is 25.1 Å². The van der Waals surface area contributed by atoms with Crippen molar-refractivity contribution in [3.8, 4) is 0 Å². The van der Waals surface area contributed by atoms with Crippen LogP contribution in [0.2, 0.25) is 0 Å². The largest absolute Gasteiger partial charge is 0.352 e. The number of hydrogen-bond donors (Lipinski definition) is 2. The summed E-state index contributed by atoms with van der Waals surface area (Å²) in [5.74, 6) is 1.74. The molecule has 27 heavy (non-hydrogen) atoms. The number of likely N-dealkylation sites (tertiary alicyclic amines) is 1. The van der Waals surface area contributed by atoms with Crippen LogP contribution in [0.15, 0.2) is 30.3 Å². The van der Waals surface area contributed by atoms with E-state index in [1.807, 2.05) is 35.2 Å². The first-order chi connectivity index (χ1) is 13.1. The molecule has 0 spiro atoms. The Balaban J connectivity index is 1.44. The number of carbonyl (C=O) groups is 2. The SMILES string of the molecule is CC(CC(=O)N1CCCC(CNC(=O)c2ccccc2)C1)C1CCNCC1. The van der Waals surface area contributed by atoms with Gasteiger partial charge in [-0.25, -0.2) is 0 Å². The van der Waals surface area contributed by atoms with Crippen LogP contribution >= 0.6 is 0 Å². The van der Waals surface area contributed by atoms with E-state index in [1.165, 1.54) is 12.8 Å². The minimum atomic E-state index is -0.0291. The summed E-state index contributed by atoms with van der Waals surface area (Å²) in [7, 11) is 0. The number of piperidine rings is 2. The van der Waals surface area contributed by atoms with Gasteiger partial charge < -0.3 is 15.5 Å². The van der Waals surface area contributed by atoms with Gasteiger partial charge in [0, 0.05) is 31.6 Å². The second-order valence-corrected chi connectivity index (χ2v) is 8.19. The molecule has 2 heterocycles. The van der Waals surface area contributed by atoms with E-state index in [0.29, 0.717) is 42.2 Å². The lowest BCUT2D eigenvalue weighted by molar-refractivity contribution is -0.134. The Hall–Kier alpha value is -1.88. The number of rotatable bonds is 6. The summed E-state index contributed by atoms with van der Waals surface area (Å²) < 4.78 is 0. The van der Waals surface area contributed by atoms with Gasteiger partial charge in [0.25, 0.3) is 5.91 Å². The van der Waals surface area contributed by atoms with E-state index >= 15 is 0 Å². The number of hydrogen-bond acceptors (Lipinski definition) is 3. The Morgan fingerprint density at radius 1 is 1.19 bits per heavy atom. The molecule has 148 valence electrons. The van der Waals surface area contributed by atoms with E-state index in [2.05, 4.69) is 17.6 Å². The molecule has 2 aliphatic rings. The minimum absolute atomic E-state index is 0.0291. The Morgan fingerprint density at radius 3 is 2.67 bits per heavy atom. The van der Waals surface area contributed by atoms with Gasteiger partial charge in [-0.2, -0.15) is 0 Å². The van der Waals surface area contributed by atoms with E-state index in [-0.39, 0.29) is 5.91 Å². The third kappa shape index (κ3) is 5.80. The van der Waals surface area contributed by atoms with Gasteiger partial charge in [0.2, 0.25) is 5.91 Å². The van der Waals surface area contributed by atoms with Crippen molar-refractivity contribution in [1.29, 1.82) is 0 Å². The lowest BCUT2D eigenvalue weighted by Crippen LogP contribution is -2.44. The molecule has 2 amide bonds. The summed E-state index contributed by atoms with van der Waals surface area (Å²) in [6, 6.07) is 9.31. The fraction of sp³-hybridized carbons (Fsp3) is 0.636. The molecular weight excluding hydrogens is 338 g/mol. The molecule has 1 aromatic rings. The minimum Gasteiger partial charge on any atom is -0.352 e. The smallest absolute Gasteiger partial charge is 0.251 e. The normalized spacial score (nSPS) is 22.3. The summed E-state index contributed by atoms with van der Waals surface area (Å²) in [4.78, 5) is 27.0. The quantitative estimate of drug-likeness (QED) is 0.808. The average Bonchev–Trinajstić information content (AvgIpc) is 2.73. The first kappa shape index (κ1) is 19.9. The Morgan fingerprint density at radius 2 is 1.93 bits per heavy atom. The van der Waals surface area contributed by atoms with Crippen molar-refractivity contribution in [3.63, 3.8) is 0 Å². The van der Waals surface area contributed by atoms with Crippen LogP contribution in [0.1, 0.15) is 49.4 Å². The second kappa shape index (κ2) is 9.88. The first-order valence-corrected chi connectivity index (χ1v) is 10.4. The van der Waals surface area contributed by atoms with Gasteiger partial charge in [0.15, 0.2) is 0 Å². The molecule has 1 aromatic carbocycles. The van der Waals surface area contributed by atoms with Crippen LogP contribution < -0.4 is 10.6 Å². The van der Waals surface area contributed by atoms with Crippen LogP contribution in [0, 0.1) is 17.8 Å². The monoisotopic (exact) mass is 371 g/mol. The van der Waals surface area contributed by atoms with Gasteiger partial charge in [-0.15, -0.1) is 0 Å². The standard InChI is InChI=1S/C22H33N3O2/c1-17(19-9-11-23-12-10-19)14-21(26)25-13-5-6-18(16-25)15-24-22(27)20-7-3-2-4-8-20/h2-4,7-8,17-19,23H,5-6,9-16H2,1H3,(H,24,27). The van der Waals surface area contributed by atoms with E-state index in [0.717, 1.165) is 39.0 Å². The Kier molecular flexibility index (Phi) is 7.27. The Labute approximate surface area is 162 Å². The van der Waals surface area contributed by atoms with Crippen molar-refractivity contribution >= 4 is 11.8 Å². The highest BCUT2D eigenvalue weighted by atomic mass is 16.2. The molecular formula is C22H33N3O2. The van der Waals surface area contributed by atoms with Crippen LogP contribution in [0.25, 0.3) is 0 Å². The molecule has 0 aromatic heterocycles. The van der Waals surface area contributed by atoms with Crippen molar-refractivity contribution in [2.75, 3.05) is 32.7 Å². The lowest BCUT2D eigenvalue weighted by Gasteiger charge is -2.35. The zero-order chi connectivity index (χ0) is 19.1. The number of nitrogens with one attached hydrogen (secondary N) is 2. The maximum atomic E-state index is 12.8. The molecule has 2 fully saturated rings. The molecule has 2 saturated heterocycles. The molecule has 2 unspecified atom stereocenters. The van der Waals surface area contributed by atoms with Gasteiger partial charge in [-0.3, -0.25) is 9.59 Å². The van der Waals surface area contributed by atoms with E-state index in [9.17, 15) is 9.59 Å². The Bertz CT molecular complexity index is 613. The number of carbonyl (C=O) groups excluding carboxylic acids is 2. The van der Waals surface area contributed by atoms with Gasteiger partial charge in [-0.05, 0) is 68.7 Å². The number of amides is 2. The second-order valence-electron chi connectivity index (χ2n) is 8.19. The molecule has 0 bridgehead atoms. The number of benzene rings is 1. The van der Waals surface area contributed by atoms with Gasteiger partial charge in [0.1, 0.15) is 0 Å². The maximum absolute atomic E-state index is 12.8. The predicted octanol–water partition coefficient (Wildman–Crippen LogP) is 2.68. The van der Waals surface area contributed by atoms with Crippen LogP contribution in [0.5, 0.6) is 0 Å². The molecule has 5 heteroatoms. The zero-order valence-corrected chi connectivity index (χ0v) is 16.5. The highest BCUT2D eigenvalue weighted by Crippen LogP contribution is 2.26. The summed E-state index contributed by atoms with van der Waals surface area (Å²) in [5.41, 5.74) is 0.692. The molecule has 0 saturated carbocycles. The van der Waals surface area contributed by atoms with Crippen molar-refractivity contribution in [2.45, 2.75) is 39.0 Å². The van der Waals surface area contributed by atoms with E-state index in [1.54, 1.807) is 0 Å². The van der Waals surface area contributed by atoms with Gasteiger partial charge >= 0.3 is 0 Å². The summed E-state index contributed by atoms with van der Waals surface area (Å²) >= 11 is 0. The molecule has 0 aliphatic carbocycles. The maximum Gasteiger partial charge on any atom is 0.251 e. The highest BCUT2D eigenvalue weighted by Gasteiger charge is 2.27. The lowest BCUT2D eigenvalue weighted by atomic mass is 9.83. The first-order valence-electron chi connectivity index (χ1n) is 10.4. The summed E-state index contributed by atoms with van der Waals surface area (Å²) in [6.07, 6.45) is 5.13. The fourth-order valence-corrected chi connectivity index (χ4v) is 4.37. The third-order valence-corrected chi connectivity index (χ3v) is 6.14. The van der Waals surface area contributed by atoms with Crippen molar-refractivity contribution < 1.29 is 9.59 Å². The topological polar surface area (TPSA) is 61.4 Å². The van der Waals surface area contributed by atoms with Crippen LogP contribution in [0.4, 0.5) is 0 Å². The molecule has 2 N–H and O–H groups in total. The van der Waals surface area contributed by atoms with Crippen LogP contribution in [-0.2, 0) is 4.79 Å². The molecule has 2 atom stereocenters. The molecule has 0 radical (unpaired) electrons. The molecule has 3 rings (SSSR count). The summed E-state index contributed by atoms with van der Waals surface area (Å²) in [6.45, 7) is 6.66. The predicted molar refractivity (Wildman–Crippen MR) is 107 cm³/mol. The zero-order valence-electron chi connectivity index (χ0n) is 16.5. The summed E-state index contributed by atoms with van der Waals surface area (Å²) in [5, 5.41) is 6.43. The van der Waals surface area contributed by atoms with Crippen LogP contribution in [0.3, 0.4) is 0 Å². The van der Waals surface area contributed by atoms with Crippen molar-refractivity contribution in [3.05, 3.63) is 35.9 Å². The van der Waals surface area contributed by atoms with Crippen molar-refractivity contribution in [2.24, 2.45) is 17.8 Å². The highest BCUT2D eigenvalue weighted by molar-refractivity contribution is 5.94. The average molecular weight is 372 g/mol. The number of nitrogens with zero attached hydrogens (tertiary/aromatic N) is 1.